The van der Waals surface area contributed by atoms with E-state index in [1.807, 2.05) is 0 Å². The molecule has 2 spiro atoms. The average Bonchev–Trinajstić information content (AvgIpc) is 4.08. The zero-order valence-electron chi connectivity index (χ0n) is 37.6. The summed E-state index contributed by atoms with van der Waals surface area (Å²) < 4.78 is 0. The number of fused-ring (bicyclic) bond motifs is 14. The van der Waals surface area contributed by atoms with E-state index in [0.29, 0.717) is 0 Å². The third-order valence-electron chi connectivity index (χ3n) is 17.5. The summed E-state index contributed by atoms with van der Waals surface area (Å²) in [6.45, 7) is 9.89. The van der Waals surface area contributed by atoms with Gasteiger partial charge in [0.05, 0.1) is 0 Å². The summed E-state index contributed by atoms with van der Waals surface area (Å²) in [6, 6.07) is 67.9. The molecular weight excluding hydrogens is 805 g/mol. The molecule has 2 aliphatic carbocycles. The van der Waals surface area contributed by atoms with Gasteiger partial charge in [0.15, 0.2) is 0 Å². The zero-order chi connectivity index (χ0) is 42.7. The summed E-state index contributed by atoms with van der Waals surface area (Å²) in [5.74, 6) is 0. The van der Waals surface area contributed by atoms with Crippen molar-refractivity contribution in [2.75, 3.05) is 9.80 Å². The van der Waals surface area contributed by atoms with E-state index in [0.717, 1.165) is 0 Å². The van der Waals surface area contributed by atoms with Crippen molar-refractivity contribution < 1.29 is 0 Å². The van der Waals surface area contributed by atoms with E-state index >= 15 is 0 Å². The molecule has 8 aromatic rings. The second kappa shape index (κ2) is 12.9. The Hall–Kier alpha value is -5.95. The van der Waals surface area contributed by atoms with Crippen molar-refractivity contribution in [1.29, 1.82) is 0 Å². The monoisotopic (exact) mass is 858 g/mol. The molecule has 0 radical (unpaired) electrons. The van der Waals surface area contributed by atoms with Gasteiger partial charge in [-0.3, -0.25) is 0 Å². The quantitative estimate of drug-likeness (QED) is 0.160. The molecule has 6 aliphatic rings. The first-order valence-electron chi connectivity index (χ1n) is 24.1. The van der Waals surface area contributed by atoms with Crippen LogP contribution in [0.25, 0.3) is 33.0 Å². The third-order valence-corrected chi connectivity index (χ3v) is 28.1. The average molecular weight is 859 g/mol. The molecule has 0 atom stereocenters. The second-order valence-corrected chi connectivity index (χ2v) is 29.6. The van der Waals surface area contributed by atoms with Crippen LogP contribution in [0.2, 0.25) is 24.2 Å². The lowest BCUT2D eigenvalue weighted by Gasteiger charge is -2.43. The normalized spacial score (nSPS) is 19.2. The highest BCUT2D eigenvalue weighted by Crippen LogP contribution is 2.59. The SMILES string of the molecule is CC1(C)c2cc(N3c4ccccc4[Si]4(CCCC4)c4ccccc43)ccc2-c2c1cc1c3c(cccc23)C(C)(C)c2cc(N3c4ccccc4[Si]4(CCCC4)c4ccccc43)ccc2-1. The first-order valence-corrected chi connectivity index (χ1v) is 28.9. The molecule has 0 aromatic heterocycles. The van der Waals surface area contributed by atoms with Gasteiger partial charge < -0.3 is 9.80 Å². The molecule has 312 valence electrons. The molecule has 0 unspecified atom stereocenters. The van der Waals surface area contributed by atoms with Crippen molar-refractivity contribution in [3.63, 3.8) is 0 Å². The molecule has 14 rings (SSSR count). The topological polar surface area (TPSA) is 6.48 Å². The first kappa shape index (κ1) is 37.4. The van der Waals surface area contributed by atoms with E-state index < -0.39 is 16.1 Å². The van der Waals surface area contributed by atoms with Crippen LogP contribution in [0.3, 0.4) is 0 Å². The van der Waals surface area contributed by atoms with Gasteiger partial charge in [0.25, 0.3) is 0 Å². The number of rotatable bonds is 2. The van der Waals surface area contributed by atoms with Crippen LogP contribution in [0.15, 0.2) is 158 Å². The summed E-state index contributed by atoms with van der Waals surface area (Å²) >= 11 is 0. The molecule has 0 amide bonds. The fraction of sp³-hybridized carbons (Fsp3) is 0.233. The van der Waals surface area contributed by atoms with E-state index in [-0.39, 0.29) is 10.8 Å². The van der Waals surface area contributed by atoms with E-state index in [2.05, 4.69) is 195 Å². The molecule has 64 heavy (non-hydrogen) atoms. The van der Waals surface area contributed by atoms with E-state index in [1.54, 1.807) is 20.7 Å². The van der Waals surface area contributed by atoms with Gasteiger partial charge in [0, 0.05) is 45.0 Å². The van der Waals surface area contributed by atoms with Crippen LogP contribution in [0.4, 0.5) is 34.1 Å². The van der Waals surface area contributed by atoms with Crippen molar-refractivity contribution in [1.82, 2.24) is 0 Å². The Morgan fingerprint density at radius 2 is 0.797 bits per heavy atom. The Kier molecular flexibility index (Phi) is 7.52. The van der Waals surface area contributed by atoms with Gasteiger partial charge >= 0.3 is 0 Å². The van der Waals surface area contributed by atoms with Crippen molar-refractivity contribution in [2.24, 2.45) is 0 Å². The lowest BCUT2D eigenvalue weighted by atomic mass is 9.67. The molecule has 2 nitrogen and oxygen atoms in total. The van der Waals surface area contributed by atoms with Gasteiger partial charge in [-0.25, -0.2) is 0 Å². The van der Waals surface area contributed by atoms with E-state index in [1.165, 1.54) is 139 Å². The standard InChI is InChI=1S/C60H54N2Si2/c1-59(2)45-19-17-18-43-57-42-31-29-40(62-51-22-7-11-26-55(51)64(34-15-16-35-64)56-27-12-8-23-52(56)62)37-47(42)60(3,4)48(57)38-44(58(43)45)41-30-28-39(36-46(41)59)61-49-20-5-9-24-53(49)63(32-13-14-33-63)54-25-10-6-21-50(54)61/h5-12,17-31,36-38H,13-16,32-35H2,1-4H3. The smallest absolute Gasteiger partial charge is 0.123 e. The summed E-state index contributed by atoms with van der Waals surface area (Å²) in [4.78, 5) is 5.23. The van der Waals surface area contributed by atoms with Gasteiger partial charge in [0.1, 0.15) is 16.1 Å². The summed E-state index contributed by atoms with van der Waals surface area (Å²) in [6.07, 6.45) is 5.40. The minimum Gasteiger partial charge on any atom is -0.311 e. The fourth-order valence-electron chi connectivity index (χ4n) is 14.6. The maximum absolute atomic E-state index is 2.61. The highest BCUT2D eigenvalue weighted by Gasteiger charge is 2.49. The maximum atomic E-state index is 2.61. The fourth-order valence-corrected chi connectivity index (χ4v) is 25.6. The molecular formula is C60H54N2Si2. The molecule has 0 bridgehead atoms. The largest absolute Gasteiger partial charge is 0.311 e. The van der Waals surface area contributed by atoms with Crippen LogP contribution in [-0.2, 0) is 10.8 Å². The first-order chi connectivity index (χ1) is 31.2. The van der Waals surface area contributed by atoms with Crippen molar-refractivity contribution >= 4 is 81.8 Å². The van der Waals surface area contributed by atoms with Gasteiger partial charge in [0.2, 0.25) is 0 Å². The molecule has 8 aromatic carbocycles. The van der Waals surface area contributed by atoms with Crippen molar-refractivity contribution in [3.05, 3.63) is 180 Å². The minimum atomic E-state index is -1.82. The van der Waals surface area contributed by atoms with Gasteiger partial charge in [-0.2, -0.15) is 0 Å². The van der Waals surface area contributed by atoms with Crippen molar-refractivity contribution in [2.45, 2.75) is 88.4 Å². The molecule has 2 saturated heterocycles. The number of anilines is 6. The zero-order valence-corrected chi connectivity index (χ0v) is 39.6. The molecule has 4 aliphatic heterocycles. The highest BCUT2D eigenvalue weighted by molar-refractivity contribution is 7.05. The number of benzene rings is 8. The van der Waals surface area contributed by atoms with Gasteiger partial charge in [-0.05, 0) is 155 Å². The predicted octanol–water partition coefficient (Wildman–Crippen LogP) is 13.7. The van der Waals surface area contributed by atoms with Gasteiger partial charge in [-0.1, -0.05) is 157 Å². The summed E-state index contributed by atoms with van der Waals surface area (Å²) in [7, 11) is -3.63. The Bertz CT molecular complexity index is 3230. The Labute approximate surface area is 380 Å². The van der Waals surface area contributed by atoms with E-state index in [9.17, 15) is 0 Å². The van der Waals surface area contributed by atoms with Crippen LogP contribution < -0.4 is 30.5 Å². The lowest BCUT2D eigenvalue weighted by molar-refractivity contribution is 0.644. The van der Waals surface area contributed by atoms with Crippen LogP contribution in [0.1, 0.15) is 75.6 Å². The second-order valence-electron chi connectivity index (χ2n) is 21.1. The van der Waals surface area contributed by atoms with Gasteiger partial charge in [-0.15, -0.1) is 0 Å². The van der Waals surface area contributed by atoms with Crippen LogP contribution in [0.5, 0.6) is 0 Å². The third kappa shape index (κ3) is 4.61. The van der Waals surface area contributed by atoms with Crippen LogP contribution >= 0.6 is 0 Å². The number of hydrogen-bond donors (Lipinski definition) is 0. The number of para-hydroxylation sites is 4. The Morgan fingerprint density at radius 1 is 0.375 bits per heavy atom. The Balaban J connectivity index is 0.930. The maximum Gasteiger partial charge on any atom is 0.123 e. The molecule has 0 N–H and O–H groups in total. The minimum absolute atomic E-state index is 0.188. The van der Waals surface area contributed by atoms with E-state index in [4.69, 9.17) is 0 Å². The van der Waals surface area contributed by atoms with Crippen molar-refractivity contribution in [3.8, 4) is 22.3 Å². The molecule has 2 fully saturated rings. The Morgan fingerprint density at radius 3 is 1.28 bits per heavy atom. The highest BCUT2D eigenvalue weighted by atomic mass is 28.3. The summed E-state index contributed by atoms with van der Waals surface area (Å²) in [5, 5.41) is 9.34. The van der Waals surface area contributed by atoms with Crippen LogP contribution in [-0.4, -0.2) is 16.1 Å². The van der Waals surface area contributed by atoms with Crippen LogP contribution in [0, 0.1) is 0 Å². The summed E-state index contributed by atoms with van der Waals surface area (Å²) in [5.41, 5.74) is 19.1. The predicted molar refractivity (Wildman–Crippen MR) is 276 cm³/mol. The molecule has 4 heteroatoms. The number of hydrogen-bond acceptors (Lipinski definition) is 2. The number of nitrogens with zero attached hydrogens (tertiary/aromatic N) is 2. The lowest BCUT2D eigenvalue weighted by Crippen LogP contribution is -2.60. The molecule has 4 heterocycles. The molecule has 0 saturated carbocycles.